The molecule has 0 rings (SSSR count). The number of rotatable bonds is 4. The van der Waals surface area contributed by atoms with Gasteiger partial charge < -0.3 is 0 Å². The highest BCUT2D eigenvalue weighted by Crippen LogP contribution is 2.05. The second kappa shape index (κ2) is 5.73. The Morgan fingerprint density at radius 2 is 1.69 bits per heavy atom. The van der Waals surface area contributed by atoms with Gasteiger partial charge in [-0.05, 0) is 36.2 Å². The smallest absolute Gasteiger partial charge is 0.252 e. The summed E-state index contributed by atoms with van der Waals surface area (Å²) in [5, 5.41) is -1.19. The van der Waals surface area contributed by atoms with Crippen molar-refractivity contribution in [1.82, 2.24) is 0 Å². The molecule has 0 aromatic rings. The molecule has 0 saturated carbocycles. The van der Waals surface area contributed by atoms with Crippen LogP contribution in [0.5, 0.6) is 0 Å². The SMILES string of the molecule is C=C/C(=C\C=C(/C)C(=O)Cl)C(=O)Cl. The fourth-order valence-corrected chi connectivity index (χ4v) is 0.697. The molecular weight excluding hydrogens is 211 g/mol. The molecule has 0 aromatic heterocycles. The maximum Gasteiger partial charge on any atom is 0.252 e. The Kier molecular flexibility index (Phi) is 5.35. The van der Waals surface area contributed by atoms with Crippen LogP contribution >= 0.6 is 23.2 Å². The maximum atomic E-state index is 10.6. The van der Waals surface area contributed by atoms with Crippen LogP contribution in [0.3, 0.4) is 0 Å². The number of hydrogen-bond donors (Lipinski definition) is 0. The van der Waals surface area contributed by atoms with Crippen molar-refractivity contribution in [2.45, 2.75) is 6.92 Å². The zero-order valence-corrected chi connectivity index (χ0v) is 8.52. The van der Waals surface area contributed by atoms with Gasteiger partial charge in [0.25, 0.3) is 5.24 Å². The Balaban J connectivity index is 4.74. The molecule has 0 unspecified atom stereocenters. The van der Waals surface area contributed by atoms with Crippen LogP contribution in [0, 0.1) is 0 Å². The number of carbonyl (C=O) groups excluding carboxylic acids is 2. The van der Waals surface area contributed by atoms with Crippen LogP contribution < -0.4 is 0 Å². The van der Waals surface area contributed by atoms with Gasteiger partial charge in [0.2, 0.25) is 5.24 Å². The summed E-state index contributed by atoms with van der Waals surface area (Å²) >= 11 is 10.3. The standard InChI is InChI=1S/C9H8Cl2O2/c1-3-7(9(11)13)5-4-6(2)8(10)12/h3-5H,1H2,2H3/b6-4+,7-5+. The molecule has 2 nitrogen and oxygen atoms in total. The minimum Gasteiger partial charge on any atom is -0.276 e. The Morgan fingerprint density at radius 3 is 2.00 bits per heavy atom. The summed E-state index contributed by atoms with van der Waals surface area (Å²) in [7, 11) is 0. The molecule has 0 aliphatic rings. The lowest BCUT2D eigenvalue weighted by Gasteiger charge is -1.91. The first-order valence-corrected chi connectivity index (χ1v) is 4.15. The highest BCUT2D eigenvalue weighted by atomic mass is 35.5. The molecular formula is C9H8Cl2O2. The van der Waals surface area contributed by atoms with Crippen LogP contribution in [-0.2, 0) is 9.59 Å². The van der Waals surface area contributed by atoms with E-state index in [1.54, 1.807) is 0 Å². The highest BCUT2D eigenvalue weighted by molar-refractivity contribution is 6.68. The van der Waals surface area contributed by atoms with E-state index < -0.39 is 10.5 Å². The predicted octanol–water partition coefficient (Wildman–Crippen LogP) is 2.58. The third kappa shape index (κ3) is 4.65. The Bertz CT molecular complexity index is 301. The van der Waals surface area contributed by atoms with Crippen LogP contribution in [0.4, 0.5) is 0 Å². The zero-order chi connectivity index (χ0) is 10.4. The van der Waals surface area contributed by atoms with Gasteiger partial charge in [-0.2, -0.15) is 0 Å². The molecule has 0 aliphatic heterocycles. The van der Waals surface area contributed by atoms with E-state index in [4.69, 9.17) is 23.2 Å². The quantitative estimate of drug-likeness (QED) is 0.413. The third-order valence-corrected chi connectivity index (χ3v) is 1.79. The van der Waals surface area contributed by atoms with E-state index in [0.717, 1.165) is 0 Å². The summed E-state index contributed by atoms with van der Waals surface area (Å²) in [4.78, 5) is 21.2. The van der Waals surface area contributed by atoms with Crippen LogP contribution in [-0.4, -0.2) is 10.5 Å². The van der Waals surface area contributed by atoms with Crippen LogP contribution in [0.25, 0.3) is 0 Å². The average Bonchev–Trinajstić information content (AvgIpc) is 2.04. The van der Waals surface area contributed by atoms with Gasteiger partial charge in [0.05, 0.1) is 0 Å². The molecule has 4 heteroatoms. The average molecular weight is 219 g/mol. The summed E-state index contributed by atoms with van der Waals surface area (Å²) in [6.45, 7) is 4.92. The minimum absolute atomic E-state index is 0.221. The van der Waals surface area contributed by atoms with E-state index in [0.29, 0.717) is 5.57 Å². The van der Waals surface area contributed by atoms with Gasteiger partial charge in [0.15, 0.2) is 0 Å². The van der Waals surface area contributed by atoms with Crippen molar-refractivity contribution in [3.63, 3.8) is 0 Å². The summed E-state index contributed by atoms with van der Waals surface area (Å²) in [6, 6.07) is 0. The summed E-state index contributed by atoms with van der Waals surface area (Å²) < 4.78 is 0. The molecule has 0 fully saturated rings. The Morgan fingerprint density at radius 1 is 1.15 bits per heavy atom. The first kappa shape index (κ1) is 12.1. The van der Waals surface area contributed by atoms with Crippen molar-refractivity contribution < 1.29 is 9.59 Å². The van der Waals surface area contributed by atoms with Gasteiger partial charge in [0, 0.05) is 11.1 Å². The topological polar surface area (TPSA) is 34.1 Å². The summed E-state index contributed by atoms with van der Waals surface area (Å²) in [6.07, 6.45) is 4.10. The zero-order valence-electron chi connectivity index (χ0n) is 7.01. The monoisotopic (exact) mass is 218 g/mol. The van der Waals surface area contributed by atoms with E-state index >= 15 is 0 Å². The maximum absolute atomic E-state index is 10.6. The van der Waals surface area contributed by atoms with Gasteiger partial charge in [-0.1, -0.05) is 18.7 Å². The van der Waals surface area contributed by atoms with Gasteiger partial charge in [0.1, 0.15) is 0 Å². The fraction of sp³-hybridized carbons (Fsp3) is 0.111. The van der Waals surface area contributed by atoms with Crippen molar-refractivity contribution in [2.75, 3.05) is 0 Å². The number of carbonyl (C=O) groups is 2. The lowest BCUT2D eigenvalue weighted by molar-refractivity contribution is -0.109. The summed E-state index contributed by atoms with van der Waals surface area (Å²) in [5.41, 5.74) is 0.554. The van der Waals surface area contributed by atoms with Crippen molar-refractivity contribution >= 4 is 33.7 Å². The Hall–Kier alpha value is -0.860. The van der Waals surface area contributed by atoms with Gasteiger partial charge in [-0.3, -0.25) is 9.59 Å². The van der Waals surface area contributed by atoms with E-state index in [-0.39, 0.29) is 5.57 Å². The highest BCUT2D eigenvalue weighted by Gasteiger charge is 2.00. The van der Waals surface area contributed by atoms with E-state index in [1.807, 2.05) is 0 Å². The third-order valence-electron chi connectivity index (χ3n) is 1.27. The second-order valence-electron chi connectivity index (χ2n) is 2.22. The predicted molar refractivity (Wildman–Crippen MR) is 53.8 cm³/mol. The molecule has 0 atom stereocenters. The lowest BCUT2D eigenvalue weighted by Crippen LogP contribution is -1.90. The number of hydrogen-bond acceptors (Lipinski definition) is 2. The molecule has 0 aliphatic carbocycles. The van der Waals surface area contributed by atoms with Crippen LogP contribution in [0.2, 0.25) is 0 Å². The number of halogens is 2. The van der Waals surface area contributed by atoms with Gasteiger partial charge in [-0.25, -0.2) is 0 Å². The lowest BCUT2D eigenvalue weighted by atomic mass is 10.2. The first-order chi connectivity index (χ1) is 5.99. The summed E-state index contributed by atoms with van der Waals surface area (Å²) in [5.74, 6) is 0. The second-order valence-corrected chi connectivity index (χ2v) is 2.91. The van der Waals surface area contributed by atoms with Crippen molar-refractivity contribution in [3.8, 4) is 0 Å². The van der Waals surface area contributed by atoms with Crippen LogP contribution in [0.1, 0.15) is 6.92 Å². The largest absolute Gasteiger partial charge is 0.276 e. The molecule has 0 spiro atoms. The number of allylic oxidation sites excluding steroid dienone is 5. The molecule has 70 valence electrons. The van der Waals surface area contributed by atoms with Crippen molar-refractivity contribution in [3.05, 3.63) is 36.0 Å². The molecule has 0 aromatic carbocycles. The molecule has 0 heterocycles. The van der Waals surface area contributed by atoms with Crippen molar-refractivity contribution in [1.29, 1.82) is 0 Å². The minimum atomic E-state index is -0.624. The van der Waals surface area contributed by atoms with Gasteiger partial charge in [-0.15, -0.1) is 0 Å². The molecule has 0 radical (unpaired) electrons. The van der Waals surface area contributed by atoms with E-state index in [9.17, 15) is 9.59 Å². The molecule has 0 N–H and O–H groups in total. The normalized spacial score (nSPS) is 12.5. The first-order valence-electron chi connectivity index (χ1n) is 3.39. The van der Waals surface area contributed by atoms with Crippen molar-refractivity contribution in [2.24, 2.45) is 0 Å². The fourth-order valence-electron chi connectivity index (χ4n) is 0.494. The molecule has 0 amide bonds. The van der Waals surface area contributed by atoms with Crippen LogP contribution in [0.15, 0.2) is 36.0 Å². The van der Waals surface area contributed by atoms with E-state index in [2.05, 4.69) is 6.58 Å². The van der Waals surface area contributed by atoms with E-state index in [1.165, 1.54) is 25.2 Å². The molecule has 13 heavy (non-hydrogen) atoms. The molecule has 0 saturated heterocycles. The van der Waals surface area contributed by atoms with Gasteiger partial charge >= 0.3 is 0 Å². The molecule has 0 bridgehead atoms. The Labute approximate surface area is 86.5 Å².